The minimum absolute atomic E-state index is 0.371. The standard InChI is InChI=1S/C23H31N3O3/c1-3-27-21-12-11-20(15-22(21)28-4-2)23(29-24)25-16-18-7-9-19(10-8-18)17-26-13-5-6-14-26/h7-12,15H,3-6,13-14,16-17,24H2,1-2H3. The third kappa shape index (κ3) is 5.95. The smallest absolute Gasteiger partial charge is 0.240 e. The number of nitrogens with zero attached hydrogens (tertiary/aromatic N) is 2. The van der Waals surface area contributed by atoms with Crippen molar-refractivity contribution in [1.29, 1.82) is 0 Å². The molecular weight excluding hydrogens is 366 g/mol. The number of aliphatic imine (C=N–C) groups is 1. The molecule has 2 N–H and O–H groups in total. The highest BCUT2D eigenvalue weighted by Crippen LogP contribution is 2.29. The Morgan fingerprint density at radius 3 is 2.24 bits per heavy atom. The fourth-order valence-electron chi connectivity index (χ4n) is 3.49. The van der Waals surface area contributed by atoms with E-state index in [0.29, 0.717) is 37.2 Å². The first-order valence-corrected chi connectivity index (χ1v) is 10.3. The van der Waals surface area contributed by atoms with Crippen molar-refractivity contribution in [3.63, 3.8) is 0 Å². The monoisotopic (exact) mass is 397 g/mol. The van der Waals surface area contributed by atoms with Crippen LogP contribution in [0.25, 0.3) is 0 Å². The van der Waals surface area contributed by atoms with E-state index in [-0.39, 0.29) is 0 Å². The van der Waals surface area contributed by atoms with Crippen LogP contribution in [0.4, 0.5) is 0 Å². The van der Waals surface area contributed by atoms with E-state index < -0.39 is 0 Å². The first-order valence-electron chi connectivity index (χ1n) is 10.3. The Kier molecular flexibility index (Phi) is 7.90. The molecule has 0 bridgehead atoms. The molecule has 6 nitrogen and oxygen atoms in total. The Labute approximate surface area is 173 Å². The molecule has 0 atom stereocenters. The average molecular weight is 398 g/mol. The summed E-state index contributed by atoms with van der Waals surface area (Å²) in [6, 6.07) is 14.2. The molecule has 1 aliphatic rings. The predicted molar refractivity (Wildman–Crippen MR) is 115 cm³/mol. The minimum Gasteiger partial charge on any atom is -0.490 e. The van der Waals surface area contributed by atoms with Gasteiger partial charge in [0.15, 0.2) is 11.5 Å². The molecule has 0 aromatic heterocycles. The van der Waals surface area contributed by atoms with E-state index in [1.807, 2.05) is 32.0 Å². The highest BCUT2D eigenvalue weighted by Gasteiger charge is 2.12. The summed E-state index contributed by atoms with van der Waals surface area (Å²) in [5.41, 5.74) is 3.20. The maximum atomic E-state index is 5.67. The molecule has 0 spiro atoms. The van der Waals surface area contributed by atoms with E-state index >= 15 is 0 Å². The maximum Gasteiger partial charge on any atom is 0.240 e. The number of likely N-dealkylation sites (tertiary alicyclic amines) is 1. The highest BCUT2D eigenvalue weighted by molar-refractivity contribution is 5.94. The maximum absolute atomic E-state index is 5.67. The average Bonchev–Trinajstić information content (AvgIpc) is 3.25. The SMILES string of the molecule is CCOc1ccc(C(=NCc2ccc(CN3CCCC3)cc2)ON)cc1OCC. The van der Waals surface area contributed by atoms with E-state index in [4.69, 9.17) is 20.2 Å². The van der Waals surface area contributed by atoms with Crippen LogP contribution in [-0.2, 0) is 17.9 Å². The molecular formula is C23H31N3O3. The summed E-state index contributed by atoms with van der Waals surface area (Å²) in [5, 5.41) is 0. The van der Waals surface area contributed by atoms with Crippen molar-refractivity contribution in [3.8, 4) is 11.5 Å². The lowest BCUT2D eigenvalue weighted by atomic mass is 10.1. The molecule has 3 rings (SSSR count). The zero-order valence-electron chi connectivity index (χ0n) is 17.4. The summed E-state index contributed by atoms with van der Waals surface area (Å²) < 4.78 is 11.3. The molecule has 1 heterocycles. The Morgan fingerprint density at radius 1 is 0.931 bits per heavy atom. The van der Waals surface area contributed by atoms with Gasteiger partial charge in [0.1, 0.15) is 0 Å². The van der Waals surface area contributed by atoms with Gasteiger partial charge in [0.05, 0.1) is 19.8 Å². The second kappa shape index (κ2) is 10.8. The van der Waals surface area contributed by atoms with Crippen LogP contribution in [0, 0.1) is 0 Å². The van der Waals surface area contributed by atoms with Gasteiger partial charge in [-0.1, -0.05) is 24.3 Å². The first-order chi connectivity index (χ1) is 14.2. The van der Waals surface area contributed by atoms with Crippen LogP contribution < -0.4 is 15.4 Å². The van der Waals surface area contributed by atoms with Gasteiger partial charge in [0, 0.05) is 12.1 Å². The molecule has 1 saturated heterocycles. The van der Waals surface area contributed by atoms with E-state index in [2.05, 4.69) is 34.2 Å². The van der Waals surface area contributed by atoms with Gasteiger partial charge >= 0.3 is 0 Å². The van der Waals surface area contributed by atoms with Crippen molar-refractivity contribution in [2.24, 2.45) is 10.9 Å². The Morgan fingerprint density at radius 2 is 1.59 bits per heavy atom. The van der Waals surface area contributed by atoms with E-state index in [0.717, 1.165) is 17.7 Å². The van der Waals surface area contributed by atoms with Crippen molar-refractivity contribution in [2.75, 3.05) is 26.3 Å². The van der Waals surface area contributed by atoms with Crippen LogP contribution in [-0.4, -0.2) is 37.1 Å². The van der Waals surface area contributed by atoms with Crippen molar-refractivity contribution >= 4 is 5.90 Å². The molecule has 2 aromatic carbocycles. The van der Waals surface area contributed by atoms with Crippen molar-refractivity contribution in [1.82, 2.24) is 4.90 Å². The van der Waals surface area contributed by atoms with Gasteiger partial charge in [0.25, 0.3) is 0 Å². The minimum atomic E-state index is 0.371. The van der Waals surface area contributed by atoms with Crippen LogP contribution in [0.15, 0.2) is 47.5 Å². The number of benzene rings is 2. The van der Waals surface area contributed by atoms with Gasteiger partial charge in [-0.2, -0.15) is 5.90 Å². The van der Waals surface area contributed by atoms with E-state index in [1.54, 1.807) is 0 Å². The second-order valence-electron chi connectivity index (χ2n) is 7.07. The van der Waals surface area contributed by atoms with Crippen molar-refractivity contribution in [3.05, 3.63) is 59.2 Å². The Bertz CT molecular complexity index is 800. The Balaban J connectivity index is 1.68. The normalized spacial score (nSPS) is 14.8. The zero-order valence-corrected chi connectivity index (χ0v) is 17.4. The predicted octanol–water partition coefficient (Wildman–Crippen LogP) is 3.92. The molecule has 29 heavy (non-hydrogen) atoms. The lowest BCUT2D eigenvalue weighted by Gasteiger charge is -2.14. The van der Waals surface area contributed by atoms with Gasteiger partial charge < -0.3 is 14.3 Å². The number of rotatable bonds is 9. The summed E-state index contributed by atoms with van der Waals surface area (Å²) >= 11 is 0. The van der Waals surface area contributed by atoms with Gasteiger partial charge in [-0.05, 0) is 69.1 Å². The molecule has 0 saturated carbocycles. The van der Waals surface area contributed by atoms with E-state index in [1.165, 1.54) is 31.5 Å². The number of hydrogen-bond acceptors (Lipinski definition) is 6. The van der Waals surface area contributed by atoms with Gasteiger partial charge in [-0.25, -0.2) is 4.99 Å². The molecule has 1 aliphatic heterocycles. The van der Waals surface area contributed by atoms with Crippen LogP contribution in [0.1, 0.15) is 43.4 Å². The summed E-state index contributed by atoms with van der Waals surface area (Å²) in [4.78, 5) is 12.1. The number of ether oxygens (including phenoxy) is 2. The zero-order chi connectivity index (χ0) is 20.5. The number of nitrogens with two attached hydrogens (primary N) is 1. The van der Waals surface area contributed by atoms with Crippen molar-refractivity contribution < 1.29 is 14.3 Å². The molecule has 0 radical (unpaired) electrons. The fourth-order valence-corrected chi connectivity index (χ4v) is 3.49. The third-order valence-corrected chi connectivity index (χ3v) is 4.94. The summed E-state index contributed by atoms with van der Waals surface area (Å²) in [6.07, 6.45) is 2.62. The molecule has 1 fully saturated rings. The molecule has 0 amide bonds. The van der Waals surface area contributed by atoms with Crippen molar-refractivity contribution in [2.45, 2.75) is 39.8 Å². The first kappa shape index (κ1) is 21.1. The fraction of sp³-hybridized carbons (Fsp3) is 0.435. The molecule has 2 aromatic rings. The van der Waals surface area contributed by atoms with Gasteiger partial charge in [0.2, 0.25) is 5.90 Å². The lowest BCUT2D eigenvalue weighted by molar-refractivity contribution is 0.287. The Hall–Kier alpha value is -2.57. The summed E-state index contributed by atoms with van der Waals surface area (Å²) in [5.74, 6) is 7.22. The van der Waals surface area contributed by atoms with Crippen LogP contribution >= 0.6 is 0 Å². The van der Waals surface area contributed by atoms with Crippen LogP contribution in [0.5, 0.6) is 11.5 Å². The largest absolute Gasteiger partial charge is 0.490 e. The quantitative estimate of drug-likeness (QED) is 0.395. The summed E-state index contributed by atoms with van der Waals surface area (Å²) in [6.45, 7) is 8.91. The third-order valence-electron chi connectivity index (χ3n) is 4.94. The molecule has 156 valence electrons. The molecule has 0 aliphatic carbocycles. The summed E-state index contributed by atoms with van der Waals surface area (Å²) in [7, 11) is 0. The van der Waals surface area contributed by atoms with E-state index in [9.17, 15) is 0 Å². The lowest BCUT2D eigenvalue weighted by Crippen LogP contribution is -2.18. The van der Waals surface area contributed by atoms with Gasteiger partial charge in [-0.3, -0.25) is 4.90 Å². The topological polar surface area (TPSA) is 69.3 Å². The highest BCUT2D eigenvalue weighted by atomic mass is 16.6. The molecule has 6 heteroatoms. The molecule has 0 unspecified atom stereocenters. The number of hydrogen-bond donors (Lipinski definition) is 1. The van der Waals surface area contributed by atoms with Crippen LogP contribution in [0.3, 0.4) is 0 Å². The van der Waals surface area contributed by atoms with Crippen LogP contribution in [0.2, 0.25) is 0 Å². The second-order valence-corrected chi connectivity index (χ2v) is 7.07. The van der Waals surface area contributed by atoms with Gasteiger partial charge in [-0.15, -0.1) is 0 Å².